The highest BCUT2D eigenvalue weighted by Crippen LogP contribution is 2.55. The summed E-state index contributed by atoms with van der Waals surface area (Å²) in [6.45, 7) is 3.17. The van der Waals surface area contributed by atoms with Crippen LogP contribution in [0.5, 0.6) is 5.75 Å². The molecule has 190 valence electrons. The Balaban J connectivity index is 1.29. The summed E-state index contributed by atoms with van der Waals surface area (Å²) in [5, 5.41) is 10.4. The molecular formula is C30H36N2O4. The van der Waals surface area contributed by atoms with E-state index in [1.807, 2.05) is 17.0 Å². The first kappa shape index (κ1) is 22.6. The van der Waals surface area contributed by atoms with E-state index in [0.717, 1.165) is 38.1 Å². The van der Waals surface area contributed by atoms with Crippen molar-refractivity contribution in [2.45, 2.75) is 69.9 Å². The van der Waals surface area contributed by atoms with Gasteiger partial charge in [0.25, 0.3) is 5.91 Å². The lowest BCUT2D eigenvalue weighted by Gasteiger charge is -2.52. The summed E-state index contributed by atoms with van der Waals surface area (Å²) >= 11 is 0. The lowest BCUT2D eigenvalue weighted by Crippen LogP contribution is -2.55. The van der Waals surface area contributed by atoms with E-state index >= 15 is 0 Å². The minimum atomic E-state index is -0.195. The average molecular weight is 489 g/mol. The van der Waals surface area contributed by atoms with Crippen LogP contribution in [0.2, 0.25) is 0 Å². The van der Waals surface area contributed by atoms with Crippen LogP contribution in [0.25, 0.3) is 0 Å². The topological polar surface area (TPSA) is 74.0 Å². The largest absolute Gasteiger partial charge is 0.508 e. The number of rotatable bonds is 3. The molecule has 2 saturated heterocycles. The molecule has 3 aliphatic carbocycles. The molecule has 4 unspecified atom stereocenters. The zero-order valence-corrected chi connectivity index (χ0v) is 20.9. The molecule has 6 nitrogen and oxygen atoms in total. The maximum atomic E-state index is 13.6. The number of phenols is 1. The molecule has 5 atom stereocenters. The molecule has 4 bridgehead atoms. The molecule has 1 aromatic carbocycles. The second-order valence-corrected chi connectivity index (χ2v) is 12.3. The quantitative estimate of drug-likeness (QED) is 0.699. The summed E-state index contributed by atoms with van der Waals surface area (Å²) in [6, 6.07) is 9.35. The van der Waals surface area contributed by atoms with Crippen LogP contribution in [0.15, 0.2) is 45.8 Å². The second-order valence-electron chi connectivity index (χ2n) is 12.3. The van der Waals surface area contributed by atoms with Gasteiger partial charge in [0.2, 0.25) is 0 Å². The summed E-state index contributed by atoms with van der Waals surface area (Å²) in [5.74, 6) is 1.99. The summed E-state index contributed by atoms with van der Waals surface area (Å²) in [4.78, 5) is 30.4. The van der Waals surface area contributed by atoms with Crippen molar-refractivity contribution in [2.24, 2.45) is 23.2 Å². The third kappa shape index (κ3) is 3.80. The van der Waals surface area contributed by atoms with E-state index in [-0.39, 0.29) is 23.1 Å². The third-order valence-corrected chi connectivity index (χ3v) is 10.2. The van der Waals surface area contributed by atoms with Gasteiger partial charge in [0.05, 0.1) is 6.26 Å². The van der Waals surface area contributed by atoms with Crippen molar-refractivity contribution in [3.8, 4) is 5.75 Å². The van der Waals surface area contributed by atoms with Crippen LogP contribution < -0.4 is 5.43 Å². The number of amides is 1. The number of hydrogen-bond donors (Lipinski definition) is 1. The molecule has 2 aliphatic heterocycles. The lowest BCUT2D eigenvalue weighted by molar-refractivity contribution is -0.0161. The highest BCUT2D eigenvalue weighted by molar-refractivity contribution is 5.91. The number of likely N-dealkylation sites (tertiary alicyclic amines) is 2. The highest BCUT2D eigenvalue weighted by atomic mass is 16.3. The molecule has 2 saturated carbocycles. The van der Waals surface area contributed by atoms with E-state index in [0.29, 0.717) is 29.0 Å². The normalized spacial score (nSPS) is 33.7. The van der Waals surface area contributed by atoms with Gasteiger partial charge in [0.1, 0.15) is 5.75 Å². The molecule has 4 fully saturated rings. The number of nitrogens with zero attached hydrogens (tertiary/aromatic N) is 2. The van der Waals surface area contributed by atoms with E-state index in [1.54, 1.807) is 0 Å². The summed E-state index contributed by atoms with van der Waals surface area (Å²) in [6.07, 6.45) is 11.9. The van der Waals surface area contributed by atoms with Gasteiger partial charge >= 0.3 is 0 Å². The fourth-order valence-electron chi connectivity index (χ4n) is 8.42. The van der Waals surface area contributed by atoms with Crippen molar-refractivity contribution >= 4 is 5.91 Å². The Bertz CT molecular complexity index is 1240. The van der Waals surface area contributed by atoms with Crippen LogP contribution in [-0.4, -0.2) is 52.5 Å². The van der Waals surface area contributed by atoms with Gasteiger partial charge in [-0.15, -0.1) is 0 Å². The van der Waals surface area contributed by atoms with Crippen molar-refractivity contribution in [3.05, 3.63) is 63.7 Å². The van der Waals surface area contributed by atoms with Crippen LogP contribution in [0.3, 0.4) is 0 Å². The number of piperidine rings is 1. The summed E-state index contributed by atoms with van der Waals surface area (Å²) in [7, 11) is 0. The maximum absolute atomic E-state index is 13.6. The first-order chi connectivity index (χ1) is 17.5. The first-order valence-corrected chi connectivity index (χ1v) is 13.9. The minimum absolute atomic E-state index is 0.139. The van der Waals surface area contributed by atoms with Gasteiger partial charge in [0, 0.05) is 37.3 Å². The summed E-state index contributed by atoms with van der Waals surface area (Å²) < 4.78 is 5.49. The molecule has 7 rings (SSSR count). The molecule has 5 aliphatic rings. The lowest BCUT2D eigenvalue weighted by atomic mass is 9.64. The zero-order valence-electron chi connectivity index (χ0n) is 20.9. The molecule has 0 radical (unpaired) electrons. The molecule has 6 heteroatoms. The fourth-order valence-corrected chi connectivity index (χ4v) is 8.42. The molecule has 1 aromatic heterocycles. The number of carbonyl (C=O) groups excluding carboxylic acids is 1. The monoisotopic (exact) mass is 488 g/mol. The van der Waals surface area contributed by atoms with E-state index in [2.05, 4.69) is 11.0 Å². The van der Waals surface area contributed by atoms with Gasteiger partial charge in [-0.25, -0.2) is 0 Å². The number of benzene rings is 1. The van der Waals surface area contributed by atoms with Gasteiger partial charge in [0.15, 0.2) is 11.2 Å². The Morgan fingerprint density at radius 1 is 1.08 bits per heavy atom. The minimum Gasteiger partial charge on any atom is -0.508 e. The SMILES string of the molecule is O=C(c1cc(=O)cco1)N1C[C@H]2CC34CCCN(CC5CC5)C3Cc3ccc(O)cc3CC2C1CC4. The maximum Gasteiger partial charge on any atom is 0.289 e. The molecular weight excluding hydrogens is 452 g/mol. The predicted octanol–water partition coefficient (Wildman–Crippen LogP) is 4.25. The van der Waals surface area contributed by atoms with E-state index in [4.69, 9.17) is 4.42 Å². The molecule has 1 spiro atoms. The van der Waals surface area contributed by atoms with Crippen LogP contribution >= 0.6 is 0 Å². The number of aromatic hydroxyl groups is 1. The smallest absolute Gasteiger partial charge is 0.289 e. The molecule has 36 heavy (non-hydrogen) atoms. The Morgan fingerprint density at radius 2 is 1.97 bits per heavy atom. The Morgan fingerprint density at radius 3 is 2.81 bits per heavy atom. The molecule has 2 aromatic rings. The van der Waals surface area contributed by atoms with Gasteiger partial charge in [-0.05, 0) is 111 Å². The highest BCUT2D eigenvalue weighted by Gasteiger charge is 2.55. The first-order valence-electron chi connectivity index (χ1n) is 13.9. The number of carbonyl (C=O) groups is 1. The average Bonchev–Trinajstić information content (AvgIpc) is 3.62. The van der Waals surface area contributed by atoms with Crippen molar-refractivity contribution < 1.29 is 14.3 Å². The predicted molar refractivity (Wildman–Crippen MR) is 136 cm³/mol. The standard InChI is InChI=1S/C30H36N2O4/c33-23-5-4-20-14-28-30(8-1-10-31(28)17-19-2-3-19)9-6-26-25(13-21(20)12-23)22(16-30)18-32(26)29(35)27-15-24(34)7-11-36-27/h4-5,7,11-12,15,19,22,25-26,28,33H,1-3,6,8-10,13-14,16-18H2/t22-,25?,26?,28?,30?/m1/s1. The van der Waals surface area contributed by atoms with Gasteiger partial charge in [-0.3, -0.25) is 14.5 Å². The van der Waals surface area contributed by atoms with E-state index < -0.39 is 0 Å². The fraction of sp³-hybridized carbons (Fsp3) is 0.600. The number of fused-ring (bicyclic) bond motifs is 1. The molecule has 1 amide bonds. The van der Waals surface area contributed by atoms with Crippen LogP contribution in [0, 0.1) is 23.2 Å². The van der Waals surface area contributed by atoms with E-state index in [1.165, 1.54) is 74.7 Å². The van der Waals surface area contributed by atoms with Crippen molar-refractivity contribution in [3.63, 3.8) is 0 Å². The Kier molecular flexibility index (Phi) is 5.32. The molecule has 1 N–H and O–H groups in total. The molecule has 3 heterocycles. The van der Waals surface area contributed by atoms with Crippen molar-refractivity contribution in [1.82, 2.24) is 9.80 Å². The van der Waals surface area contributed by atoms with Crippen LogP contribution in [0.1, 0.15) is 66.6 Å². The number of hydrogen-bond acceptors (Lipinski definition) is 5. The third-order valence-electron chi connectivity index (χ3n) is 10.2. The number of phenolic OH excluding ortho intramolecular Hbond substituents is 1. The van der Waals surface area contributed by atoms with Crippen LogP contribution in [0.4, 0.5) is 0 Å². The van der Waals surface area contributed by atoms with E-state index in [9.17, 15) is 14.7 Å². The van der Waals surface area contributed by atoms with Crippen molar-refractivity contribution in [1.29, 1.82) is 0 Å². The Labute approximate surface area is 212 Å². The van der Waals surface area contributed by atoms with Crippen LogP contribution in [-0.2, 0) is 12.8 Å². The van der Waals surface area contributed by atoms with Gasteiger partial charge < -0.3 is 14.4 Å². The second kappa shape index (κ2) is 8.47. The Hall–Kier alpha value is -2.60. The van der Waals surface area contributed by atoms with Crippen molar-refractivity contribution in [2.75, 3.05) is 19.6 Å². The van der Waals surface area contributed by atoms with Gasteiger partial charge in [-0.2, -0.15) is 0 Å². The van der Waals surface area contributed by atoms with Gasteiger partial charge in [-0.1, -0.05) is 6.07 Å². The summed E-state index contributed by atoms with van der Waals surface area (Å²) in [5.41, 5.74) is 2.73. The zero-order chi connectivity index (χ0) is 24.4.